The Morgan fingerprint density at radius 3 is 2.83 bits per heavy atom. The molecule has 2 aromatic heterocycles. The van der Waals surface area contributed by atoms with Crippen molar-refractivity contribution in [2.45, 2.75) is 18.5 Å². The highest BCUT2D eigenvalue weighted by atomic mass is 32.1. The Kier molecular flexibility index (Phi) is 4.31. The highest BCUT2D eigenvalue weighted by Crippen LogP contribution is 2.49. The molecule has 2 bridgehead atoms. The number of imidazole rings is 1. The van der Waals surface area contributed by atoms with Gasteiger partial charge in [-0.15, -0.1) is 0 Å². The number of fused-ring (bicyclic) bond motifs is 7. The van der Waals surface area contributed by atoms with Crippen LogP contribution >= 0.6 is 12.2 Å². The average molecular weight is 499 g/mol. The topological polar surface area (TPSA) is 118 Å². The number of rotatable bonds is 2. The first-order valence-corrected chi connectivity index (χ1v) is 11.8. The molecule has 1 fully saturated rings. The van der Waals surface area contributed by atoms with Crippen molar-refractivity contribution in [2.24, 2.45) is 0 Å². The molecule has 1 unspecified atom stereocenters. The van der Waals surface area contributed by atoms with E-state index in [0.29, 0.717) is 51.7 Å². The van der Waals surface area contributed by atoms with Crippen molar-refractivity contribution in [3.8, 4) is 29.1 Å². The molecule has 1 saturated heterocycles. The molecule has 36 heavy (non-hydrogen) atoms. The molecular formula is C25H18N6O4S. The number of ether oxygens (including phenoxy) is 2. The van der Waals surface area contributed by atoms with E-state index in [1.54, 1.807) is 10.6 Å². The zero-order valence-electron chi connectivity index (χ0n) is 18.7. The van der Waals surface area contributed by atoms with Crippen molar-refractivity contribution < 1.29 is 14.6 Å². The zero-order valence-corrected chi connectivity index (χ0v) is 19.5. The highest BCUT2D eigenvalue weighted by molar-refractivity contribution is 7.80. The SMILES string of the molecule is N#Cc1ncc(-n2c(O)c3n(c2=O)[C@@H]2CC3N(C(=S)Nc3ccc4c(c3)OCO4)C2)c2ccccc12. The van der Waals surface area contributed by atoms with Gasteiger partial charge in [-0.3, -0.25) is 4.57 Å². The van der Waals surface area contributed by atoms with Crippen molar-refractivity contribution in [3.63, 3.8) is 0 Å². The third-order valence-corrected chi connectivity index (χ3v) is 7.40. The number of aromatic hydroxyl groups is 1. The van der Waals surface area contributed by atoms with Gasteiger partial charge in [0.05, 0.1) is 24.0 Å². The Hall–Kier alpha value is -4.56. The maximum Gasteiger partial charge on any atom is 0.336 e. The zero-order chi connectivity index (χ0) is 24.6. The molecule has 0 amide bonds. The number of nitrogens with one attached hydrogen (secondary N) is 1. The van der Waals surface area contributed by atoms with E-state index in [-0.39, 0.29) is 36.1 Å². The Balaban J connectivity index is 1.26. The lowest BCUT2D eigenvalue weighted by molar-refractivity contribution is 0.174. The van der Waals surface area contributed by atoms with Crippen LogP contribution in [0, 0.1) is 11.3 Å². The van der Waals surface area contributed by atoms with E-state index in [1.165, 1.54) is 10.8 Å². The summed E-state index contributed by atoms with van der Waals surface area (Å²) in [5.74, 6) is 1.20. The van der Waals surface area contributed by atoms with Crippen molar-refractivity contribution in [1.82, 2.24) is 19.0 Å². The molecule has 0 spiro atoms. The van der Waals surface area contributed by atoms with Crippen LogP contribution in [0.1, 0.15) is 29.9 Å². The molecule has 0 radical (unpaired) electrons. The van der Waals surface area contributed by atoms with E-state index in [2.05, 4.69) is 16.4 Å². The minimum absolute atomic E-state index is 0.126. The fraction of sp³-hybridized carbons (Fsp3) is 0.200. The number of nitriles is 1. The lowest BCUT2D eigenvalue weighted by atomic mass is 10.1. The van der Waals surface area contributed by atoms with Gasteiger partial charge in [0.2, 0.25) is 12.7 Å². The van der Waals surface area contributed by atoms with Gasteiger partial charge in [-0.25, -0.2) is 14.3 Å². The molecule has 2 aromatic carbocycles. The molecule has 7 rings (SSSR count). The average Bonchev–Trinajstić information content (AvgIpc) is 3.66. The number of likely N-dealkylation sites (tertiary alicyclic amines) is 1. The third kappa shape index (κ3) is 2.79. The number of anilines is 1. The number of hydrogen-bond acceptors (Lipinski definition) is 7. The van der Waals surface area contributed by atoms with Crippen molar-refractivity contribution >= 4 is 33.8 Å². The van der Waals surface area contributed by atoms with Crippen LogP contribution in [0.25, 0.3) is 16.5 Å². The van der Waals surface area contributed by atoms with Gasteiger partial charge in [-0.2, -0.15) is 5.26 Å². The number of hydrogen-bond donors (Lipinski definition) is 2. The third-order valence-electron chi connectivity index (χ3n) is 7.06. The molecule has 3 aliphatic rings. The standard InChI is InChI=1S/C25H18N6O4S/c26-9-17-15-3-1-2-4-16(15)19(10-27-17)31-23(32)22-18-8-14(30(22)25(31)33)11-29(18)24(36)28-13-5-6-20-21(7-13)35-12-34-20/h1-7,10,14,18,32H,8,11-12H2,(H,28,36)/t14-,18?/m1/s1. The molecule has 5 heterocycles. The summed E-state index contributed by atoms with van der Waals surface area (Å²) in [4.78, 5) is 19.8. The quantitative estimate of drug-likeness (QED) is 0.402. The molecule has 10 nitrogen and oxygen atoms in total. The molecule has 4 aromatic rings. The minimum atomic E-state index is -0.332. The van der Waals surface area contributed by atoms with Crippen LogP contribution in [0.4, 0.5) is 5.69 Å². The van der Waals surface area contributed by atoms with Crippen LogP contribution in [-0.2, 0) is 0 Å². The van der Waals surface area contributed by atoms with Gasteiger partial charge >= 0.3 is 5.69 Å². The van der Waals surface area contributed by atoms with Gasteiger partial charge in [-0.05, 0) is 30.8 Å². The van der Waals surface area contributed by atoms with Crippen LogP contribution in [0.15, 0.2) is 53.5 Å². The van der Waals surface area contributed by atoms with Crippen molar-refractivity contribution in [3.05, 3.63) is 70.5 Å². The molecule has 178 valence electrons. The fourth-order valence-electron chi connectivity index (χ4n) is 5.50. The normalized spacial score (nSPS) is 18.9. The number of pyridine rings is 1. The van der Waals surface area contributed by atoms with E-state index in [9.17, 15) is 15.2 Å². The van der Waals surface area contributed by atoms with Gasteiger partial charge in [0.25, 0.3) is 0 Å². The Bertz CT molecular complexity index is 1700. The molecule has 0 aliphatic carbocycles. The highest BCUT2D eigenvalue weighted by Gasteiger charge is 2.48. The first kappa shape index (κ1) is 20.8. The fourth-order valence-corrected chi connectivity index (χ4v) is 5.82. The first-order chi connectivity index (χ1) is 17.5. The van der Waals surface area contributed by atoms with E-state index < -0.39 is 0 Å². The summed E-state index contributed by atoms with van der Waals surface area (Å²) >= 11 is 5.71. The molecule has 0 saturated carbocycles. The van der Waals surface area contributed by atoms with E-state index >= 15 is 0 Å². The van der Waals surface area contributed by atoms with Crippen LogP contribution in [-0.4, -0.2) is 42.6 Å². The van der Waals surface area contributed by atoms with Gasteiger partial charge in [0.15, 0.2) is 16.6 Å². The Labute approximate surface area is 209 Å². The Morgan fingerprint density at radius 1 is 1.19 bits per heavy atom. The summed E-state index contributed by atoms with van der Waals surface area (Å²) in [5.41, 5.74) is 1.66. The Morgan fingerprint density at radius 2 is 2.00 bits per heavy atom. The van der Waals surface area contributed by atoms with E-state index in [4.69, 9.17) is 21.7 Å². The summed E-state index contributed by atoms with van der Waals surface area (Å²) in [6.07, 6.45) is 2.14. The van der Waals surface area contributed by atoms with Crippen molar-refractivity contribution in [2.75, 3.05) is 18.7 Å². The maximum absolute atomic E-state index is 13.5. The van der Waals surface area contributed by atoms with Gasteiger partial charge in [-0.1, -0.05) is 24.3 Å². The van der Waals surface area contributed by atoms with E-state index in [0.717, 1.165) is 5.69 Å². The summed E-state index contributed by atoms with van der Waals surface area (Å²) in [6, 6.07) is 14.4. The first-order valence-electron chi connectivity index (χ1n) is 11.4. The minimum Gasteiger partial charge on any atom is -0.493 e. The molecule has 11 heteroatoms. The second kappa shape index (κ2) is 7.47. The van der Waals surface area contributed by atoms with Crippen LogP contribution in [0.2, 0.25) is 0 Å². The summed E-state index contributed by atoms with van der Waals surface area (Å²) in [7, 11) is 0. The number of nitrogens with zero attached hydrogens (tertiary/aromatic N) is 5. The lowest BCUT2D eigenvalue weighted by Crippen LogP contribution is -2.39. The largest absolute Gasteiger partial charge is 0.493 e. The summed E-state index contributed by atoms with van der Waals surface area (Å²) in [5, 5.41) is 25.8. The smallest absolute Gasteiger partial charge is 0.336 e. The number of benzene rings is 2. The van der Waals surface area contributed by atoms with Gasteiger partial charge in [0, 0.05) is 29.1 Å². The van der Waals surface area contributed by atoms with Crippen LogP contribution in [0.5, 0.6) is 17.4 Å². The van der Waals surface area contributed by atoms with Crippen LogP contribution in [0.3, 0.4) is 0 Å². The summed E-state index contributed by atoms with van der Waals surface area (Å²) < 4.78 is 13.7. The molecular weight excluding hydrogens is 480 g/mol. The maximum atomic E-state index is 13.5. The predicted molar refractivity (Wildman–Crippen MR) is 134 cm³/mol. The monoisotopic (exact) mass is 498 g/mol. The number of aromatic nitrogens is 3. The molecule has 2 atom stereocenters. The molecule has 2 N–H and O–H groups in total. The second-order valence-electron chi connectivity index (χ2n) is 8.90. The van der Waals surface area contributed by atoms with Gasteiger partial charge < -0.3 is 24.8 Å². The number of thiocarbonyl (C=S) groups is 1. The van der Waals surface area contributed by atoms with E-state index in [1.807, 2.05) is 41.3 Å². The summed E-state index contributed by atoms with van der Waals surface area (Å²) in [6.45, 7) is 0.737. The van der Waals surface area contributed by atoms with Crippen molar-refractivity contribution in [1.29, 1.82) is 5.26 Å². The second-order valence-corrected chi connectivity index (χ2v) is 9.29. The predicted octanol–water partition coefficient (Wildman–Crippen LogP) is 3.19. The lowest BCUT2D eigenvalue weighted by Gasteiger charge is -2.30. The molecule has 3 aliphatic heterocycles. The van der Waals surface area contributed by atoms with Gasteiger partial charge in [0.1, 0.15) is 17.5 Å². The van der Waals surface area contributed by atoms with Crippen LogP contribution < -0.4 is 20.5 Å².